The van der Waals surface area contributed by atoms with E-state index in [1.165, 1.54) is 6.07 Å². The smallest absolute Gasteiger partial charge is 0.319 e. The minimum Gasteiger partial charge on any atom is -0.354 e. The number of amides is 3. The number of nitrogens with one attached hydrogen (secondary N) is 4. The molecule has 1 fully saturated rings. The lowest BCUT2D eigenvalue weighted by Crippen LogP contribution is -2.48. The van der Waals surface area contributed by atoms with Gasteiger partial charge in [-0.05, 0) is 25.0 Å². The van der Waals surface area contributed by atoms with Crippen LogP contribution in [0.5, 0.6) is 0 Å². The third-order valence-corrected chi connectivity index (χ3v) is 4.15. The van der Waals surface area contributed by atoms with Crippen LogP contribution in [0.2, 0.25) is 0 Å². The van der Waals surface area contributed by atoms with Crippen LogP contribution in [0.15, 0.2) is 35.1 Å². The lowest BCUT2D eigenvalue weighted by molar-refractivity contribution is -0.122. The first-order chi connectivity index (χ1) is 12.5. The van der Waals surface area contributed by atoms with E-state index in [9.17, 15) is 14.4 Å². The van der Waals surface area contributed by atoms with Gasteiger partial charge in [-0.15, -0.1) is 0 Å². The van der Waals surface area contributed by atoms with Gasteiger partial charge in [0.05, 0.1) is 0 Å². The number of aromatic nitrogens is 2. The van der Waals surface area contributed by atoms with Crippen molar-refractivity contribution in [3.8, 4) is 11.4 Å². The summed E-state index contributed by atoms with van der Waals surface area (Å²) in [6, 6.07) is 8.15. The largest absolute Gasteiger partial charge is 0.354 e. The molecule has 0 aliphatic carbocycles. The zero-order valence-corrected chi connectivity index (χ0v) is 14.5. The van der Waals surface area contributed by atoms with Crippen LogP contribution in [-0.2, 0) is 11.2 Å². The second kappa shape index (κ2) is 7.81. The average Bonchev–Trinajstić information content (AvgIpc) is 2.63. The number of piperidine rings is 1. The Balaban J connectivity index is 1.69. The van der Waals surface area contributed by atoms with Crippen molar-refractivity contribution in [2.45, 2.75) is 32.2 Å². The van der Waals surface area contributed by atoms with Crippen LogP contribution in [0.4, 0.5) is 10.5 Å². The molecule has 1 saturated heterocycles. The summed E-state index contributed by atoms with van der Waals surface area (Å²) < 4.78 is 0. The number of carbonyl (C=O) groups is 2. The van der Waals surface area contributed by atoms with Crippen molar-refractivity contribution in [1.29, 1.82) is 0 Å². The third-order valence-electron chi connectivity index (χ3n) is 4.15. The summed E-state index contributed by atoms with van der Waals surface area (Å²) in [4.78, 5) is 42.2. The van der Waals surface area contributed by atoms with E-state index in [-0.39, 0.29) is 23.5 Å². The van der Waals surface area contributed by atoms with Crippen molar-refractivity contribution >= 4 is 17.6 Å². The molecule has 3 rings (SSSR count). The van der Waals surface area contributed by atoms with E-state index in [2.05, 4.69) is 25.9 Å². The monoisotopic (exact) mass is 355 g/mol. The van der Waals surface area contributed by atoms with Gasteiger partial charge in [-0.2, -0.15) is 0 Å². The molecule has 2 heterocycles. The number of aryl methyl sites for hydroxylation is 1. The number of benzene rings is 1. The van der Waals surface area contributed by atoms with Gasteiger partial charge in [0.2, 0.25) is 5.91 Å². The molecule has 0 saturated carbocycles. The van der Waals surface area contributed by atoms with Gasteiger partial charge in [-0.25, -0.2) is 9.78 Å². The molecule has 1 aliphatic rings. The quantitative estimate of drug-likeness (QED) is 0.663. The highest BCUT2D eigenvalue weighted by molar-refractivity contribution is 5.90. The number of anilines is 1. The fourth-order valence-corrected chi connectivity index (χ4v) is 2.78. The van der Waals surface area contributed by atoms with Crippen molar-refractivity contribution in [3.63, 3.8) is 0 Å². The van der Waals surface area contributed by atoms with Crippen LogP contribution in [0.3, 0.4) is 0 Å². The number of nitrogens with zero attached hydrogens (tertiary/aromatic N) is 1. The summed E-state index contributed by atoms with van der Waals surface area (Å²) in [6.07, 6.45) is 1.69. The van der Waals surface area contributed by atoms with Gasteiger partial charge in [0.1, 0.15) is 5.82 Å². The fraction of sp³-hybridized carbons (Fsp3) is 0.333. The Labute approximate surface area is 150 Å². The normalized spacial score (nSPS) is 16.7. The van der Waals surface area contributed by atoms with Crippen LogP contribution in [0, 0.1) is 0 Å². The van der Waals surface area contributed by atoms with Crippen LogP contribution in [0.25, 0.3) is 11.4 Å². The van der Waals surface area contributed by atoms with Crippen molar-refractivity contribution in [1.82, 2.24) is 20.6 Å². The average molecular weight is 355 g/mol. The van der Waals surface area contributed by atoms with E-state index in [4.69, 9.17) is 0 Å². The first-order valence-electron chi connectivity index (χ1n) is 8.58. The first kappa shape index (κ1) is 17.7. The highest BCUT2D eigenvalue weighted by Gasteiger charge is 2.19. The number of H-pyrrole nitrogens is 1. The number of aromatic amines is 1. The molecule has 0 radical (unpaired) electrons. The Kier molecular flexibility index (Phi) is 5.31. The molecule has 0 bridgehead atoms. The number of urea groups is 1. The highest BCUT2D eigenvalue weighted by Crippen LogP contribution is 2.19. The minimum absolute atomic E-state index is 0.00645. The lowest BCUT2D eigenvalue weighted by atomic mass is 10.1. The molecule has 8 nitrogen and oxygen atoms in total. The predicted molar refractivity (Wildman–Crippen MR) is 97.9 cm³/mol. The Morgan fingerprint density at radius 3 is 2.88 bits per heavy atom. The zero-order valence-electron chi connectivity index (χ0n) is 14.5. The third kappa shape index (κ3) is 4.47. The van der Waals surface area contributed by atoms with Crippen molar-refractivity contribution in [2.24, 2.45) is 0 Å². The Morgan fingerprint density at radius 1 is 1.31 bits per heavy atom. The molecule has 3 amide bonds. The van der Waals surface area contributed by atoms with Gasteiger partial charge in [0.15, 0.2) is 0 Å². The molecular weight excluding hydrogens is 334 g/mol. The van der Waals surface area contributed by atoms with Gasteiger partial charge < -0.3 is 20.9 Å². The Hall–Kier alpha value is -3.16. The molecule has 1 atom stereocenters. The maximum atomic E-state index is 12.2. The van der Waals surface area contributed by atoms with Gasteiger partial charge in [-0.1, -0.05) is 19.1 Å². The second-order valence-electron chi connectivity index (χ2n) is 6.16. The Bertz CT molecular complexity index is 867. The van der Waals surface area contributed by atoms with Crippen molar-refractivity contribution in [2.75, 3.05) is 11.9 Å². The molecule has 1 aromatic carbocycles. The van der Waals surface area contributed by atoms with Crippen LogP contribution in [0.1, 0.15) is 25.5 Å². The van der Waals surface area contributed by atoms with Crippen LogP contribution in [-0.4, -0.2) is 34.5 Å². The van der Waals surface area contributed by atoms with Gasteiger partial charge >= 0.3 is 6.03 Å². The Morgan fingerprint density at radius 2 is 2.15 bits per heavy atom. The molecule has 0 spiro atoms. The molecular formula is C18H21N5O3. The summed E-state index contributed by atoms with van der Waals surface area (Å²) in [6.45, 7) is 2.36. The topological polar surface area (TPSA) is 116 Å². The van der Waals surface area contributed by atoms with Crippen LogP contribution < -0.4 is 21.5 Å². The summed E-state index contributed by atoms with van der Waals surface area (Å²) in [5, 5.41) is 8.33. The SMILES string of the molecule is CCc1cc(=O)[nH]c(-c2cccc(NC(=O)NC3CCC(=O)NC3)c2)n1. The van der Waals surface area contributed by atoms with Gasteiger partial charge in [0.25, 0.3) is 5.56 Å². The predicted octanol–water partition coefficient (Wildman–Crippen LogP) is 1.40. The number of carbonyl (C=O) groups excluding carboxylic acids is 2. The second-order valence-corrected chi connectivity index (χ2v) is 6.16. The van der Waals surface area contributed by atoms with Crippen LogP contribution >= 0.6 is 0 Å². The molecule has 26 heavy (non-hydrogen) atoms. The number of hydrogen-bond acceptors (Lipinski definition) is 4. The van der Waals surface area contributed by atoms with Gasteiger partial charge in [0, 0.05) is 42.0 Å². The van der Waals surface area contributed by atoms with E-state index in [0.717, 1.165) is 0 Å². The van der Waals surface area contributed by atoms with E-state index in [1.807, 2.05) is 13.0 Å². The summed E-state index contributed by atoms with van der Waals surface area (Å²) >= 11 is 0. The summed E-state index contributed by atoms with van der Waals surface area (Å²) in [5.41, 5.74) is 1.80. The highest BCUT2D eigenvalue weighted by atomic mass is 16.2. The van der Waals surface area contributed by atoms with Gasteiger partial charge in [-0.3, -0.25) is 9.59 Å². The molecule has 136 valence electrons. The zero-order chi connectivity index (χ0) is 18.5. The van der Waals surface area contributed by atoms with Crippen molar-refractivity contribution < 1.29 is 9.59 Å². The molecule has 1 unspecified atom stereocenters. The minimum atomic E-state index is -0.341. The first-order valence-corrected chi connectivity index (χ1v) is 8.58. The number of rotatable bonds is 4. The molecule has 2 aromatic rings. The van der Waals surface area contributed by atoms with E-state index in [1.54, 1.807) is 18.2 Å². The maximum absolute atomic E-state index is 12.2. The fourth-order valence-electron chi connectivity index (χ4n) is 2.78. The molecule has 1 aliphatic heterocycles. The standard InChI is InChI=1S/C18H21N5O3/c1-2-12-9-16(25)23-17(20-12)11-4-3-5-13(8-11)21-18(26)22-14-6-7-15(24)19-10-14/h3-5,8-9,14H,2,6-7,10H2,1H3,(H,19,24)(H,20,23,25)(H2,21,22,26). The molecule has 4 N–H and O–H groups in total. The summed E-state index contributed by atoms with van der Waals surface area (Å²) in [7, 11) is 0. The summed E-state index contributed by atoms with van der Waals surface area (Å²) in [5.74, 6) is 0.473. The van der Waals surface area contributed by atoms with E-state index < -0.39 is 0 Å². The van der Waals surface area contributed by atoms with E-state index >= 15 is 0 Å². The van der Waals surface area contributed by atoms with Crippen molar-refractivity contribution in [3.05, 3.63) is 46.4 Å². The maximum Gasteiger partial charge on any atom is 0.319 e. The lowest BCUT2D eigenvalue weighted by Gasteiger charge is -2.23. The van der Waals surface area contributed by atoms with E-state index in [0.29, 0.717) is 48.6 Å². The molecule has 1 aromatic heterocycles. The molecule has 8 heteroatoms. The number of hydrogen-bond donors (Lipinski definition) is 4.